The lowest BCUT2D eigenvalue weighted by Crippen LogP contribution is -2.31. The van der Waals surface area contributed by atoms with E-state index >= 15 is 0 Å². The van der Waals surface area contributed by atoms with Crippen molar-refractivity contribution in [2.24, 2.45) is 0 Å². The van der Waals surface area contributed by atoms with Gasteiger partial charge >= 0.3 is 0 Å². The van der Waals surface area contributed by atoms with Crippen LogP contribution in [0.1, 0.15) is 22.7 Å². The first-order valence-electron chi connectivity index (χ1n) is 10.4. The van der Waals surface area contributed by atoms with Crippen LogP contribution in [-0.4, -0.2) is 32.9 Å². The SMILES string of the molecule is CSc1ccc(-c2noc(COc3cc(C)nc(N4CCc5ccccc5C4)n3)n2)cc1. The fourth-order valence-corrected chi connectivity index (χ4v) is 4.12. The Kier molecular flexibility index (Phi) is 5.77. The minimum absolute atomic E-state index is 0.147. The molecular formula is C24H23N5O2S. The molecule has 4 aromatic rings. The Morgan fingerprint density at radius 1 is 1.03 bits per heavy atom. The summed E-state index contributed by atoms with van der Waals surface area (Å²) in [6.07, 6.45) is 3.02. The van der Waals surface area contributed by atoms with E-state index < -0.39 is 0 Å². The highest BCUT2D eigenvalue weighted by molar-refractivity contribution is 7.98. The summed E-state index contributed by atoms with van der Waals surface area (Å²) < 4.78 is 11.3. The first-order valence-corrected chi connectivity index (χ1v) is 11.7. The topological polar surface area (TPSA) is 77.2 Å². The summed E-state index contributed by atoms with van der Waals surface area (Å²) in [5.41, 5.74) is 4.46. The number of hydrogen-bond donors (Lipinski definition) is 0. The van der Waals surface area contributed by atoms with Gasteiger partial charge in [-0.1, -0.05) is 29.4 Å². The van der Waals surface area contributed by atoms with Gasteiger partial charge in [0.15, 0.2) is 6.61 Å². The molecule has 0 unspecified atom stereocenters. The lowest BCUT2D eigenvalue weighted by Gasteiger charge is -2.29. The van der Waals surface area contributed by atoms with Crippen molar-refractivity contribution >= 4 is 17.7 Å². The van der Waals surface area contributed by atoms with Gasteiger partial charge in [-0.15, -0.1) is 11.8 Å². The predicted molar refractivity (Wildman–Crippen MR) is 124 cm³/mol. The third-order valence-electron chi connectivity index (χ3n) is 5.39. The van der Waals surface area contributed by atoms with Gasteiger partial charge in [0.25, 0.3) is 5.89 Å². The largest absolute Gasteiger partial charge is 0.467 e. The number of anilines is 1. The Morgan fingerprint density at radius 3 is 2.66 bits per heavy atom. The third-order valence-corrected chi connectivity index (χ3v) is 6.14. The van der Waals surface area contributed by atoms with Crippen LogP contribution >= 0.6 is 11.8 Å². The summed E-state index contributed by atoms with van der Waals surface area (Å²) in [5.74, 6) is 2.12. The maximum Gasteiger partial charge on any atom is 0.264 e. The van der Waals surface area contributed by atoms with E-state index in [2.05, 4.69) is 49.3 Å². The van der Waals surface area contributed by atoms with E-state index in [0.29, 0.717) is 23.5 Å². The molecule has 1 aliphatic rings. The number of aromatic nitrogens is 4. The first kappa shape index (κ1) is 20.5. The van der Waals surface area contributed by atoms with Gasteiger partial charge in [-0.25, -0.2) is 4.98 Å². The highest BCUT2D eigenvalue weighted by Gasteiger charge is 2.19. The van der Waals surface area contributed by atoms with E-state index in [1.807, 2.05) is 43.5 Å². The number of nitrogens with zero attached hydrogens (tertiary/aromatic N) is 5. The molecule has 0 N–H and O–H groups in total. The fraction of sp³-hybridized carbons (Fsp3) is 0.250. The van der Waals surface area contributed by atoms with Crippen LogP contribution in [-0.2, 0) is 19.6 Å². The molecule has 0 bridgehead atoms. The van der Waals surface area contributed by atoms with E-state index in [4.69, 9.17) is 9.26 Å². The highest BCUT2D eigenvalue weighted by Crippen LogP contribution is 2.25. The lowest BCUT2D eigenvalue weighted by atomic mass is 10.0. The van der Waals surface area contributed by atoms with Crippen molar-refractivity contribution in [1.29, 1.82) is 0 Å². The Labute approximate surface area is 190 Å². The van der Waals surface area contributed by atoms with E-state index in [0.717, 1.165) is 30.8 Å². The molecule has 162 valence electrons. The maximum absolute atomic E-state index is 5.88. The number of aryl methyl sites for hydroxylation is 1. The van der Waals surface area contributed by atoms with Crippen molar-refractivity contribution in [3.8, 4) is 17.3 Å². The second kappa shape index (κ2) is 9.00. The van der Waals surface area contributed by atoms with E-state index in [1.165, 1.54) is 16.0 Å². The molecule has 0 aliphatic carbocycles. The van der Waals surface area contributed by atoms with Gasteiger partial charge in [0.1, 0.15) is 0 Å². The number of hydrogen-bond acceptors (Lipinski definition) is 8. The normalized spacial score (nSPS) is 13.1. The van der Waals surface area contributed by atoms with Crippen LogP contribution in [0, 0.1) is 6.92 Å². The fourth-order valence-electron chi connectivity index (χ4n) is 3.71. The van der Waals surface area contributed by atoms with Gasteiger partial charge < -0.3 is 14.2 Å². The second-order valence-electron chi connectivity index (χ2n) is 7.62. The minimum atomic E-state index is 0.147. The minimum Gasteiger partial charge on any atom is -0.467 e. The molecule has 8 heteroatoms. The molecule has 2 aromatic heterocycles. The van der Waals surface area contributed by atoms with Crippen LogP contribution in [0.15, 0.2) is 64.0 Å². The van der Waals surface area contributed by atoms with Gasteiger partial charge in [-0.3, -0.25) is 0 Å². The van der Waals surface area contributed by atoms with Crippen molar-refractivity contribution in [1.82, 2.24) is 20.1 Å². The van der Waals surface area contributed by atoms with Crippen LogP contribution in [0.5, 0.6) is 5.88 Å². The van der Waals surface area contributed by atoms with Crippen LogP contribution < -0.4 is 9.64 Å². The van der Waals surface area contributed by atoms with Crippen molar-refractivity contribution in [3.63, 3.8) is 0 Å². The molecule has 0 amide bonds. The zero-order chi connectivity index (χ0) is 21.9. The average molecular weight is 446 g/mol. The van der Waals surface area contributed by atoms with Crippen molar-refractivity contribution in [2.45, 2.75) is 31.4 Å². The van der Waals surface area contributed by atoms with Crippen LogP contribution in [0.4, 0.5) is 5.95 Å². The van der Waals surface area contributed by atoms with Gasteiger partial charge in [0.05, 0.1) is 0 Å². The summed E-state index contributed by atoms with van der Waals surface area (Å²) in [7, 11) is 0. The quantitative estimate of drug-likeness (QED) is 0.395. The second-order valence-corrected chi connectivity index (χ2v) is 8.50. The zero-order valence-electron chi connectivity index (χ0n) is 18.0. The van der Waals surface area contributed by atoms with Gasteiger partial charge in [-0.05, 0) is 55.0 Å². The molecule has 0 atom stereocenters. The molecule has 2 aromatic carbocycles. The Hall–Kier alpha value is -3.39. The van der Waals surface area contributed by atoms with Crippen molar-refractivity contribution in [2.75, 3.05) is 17.7 Å². The molecule has 0 spiro atoms. The van der Waals surface area contributed by atoms with Crippen LogP contribution in [0.3, 0.4) is 0 Å². The number of fused-ring (bicyclic) bond motifs is 1. The number of ether oxygens (including phenoxy) is 1. The van der Waals surface area contributed by atoms with Gasteiger partial charge in [-0.2, -0.15) is 9.97 Å². The average Bonchev–Trinajstić information content (AvgIpc) is 3.31. The van der Waals surface area contributed by atoms with Crippen LogP contribution in [0.2, 0.25) is 0 Å². The molecule has 0 fully saturated rings. The van der Waals surface area contributed by atoms with E-state index in [9.17, 15) is 0 Å². The monoisotopic (exact) mass is 445 g/mol. The van der Waals surface area contributed by atoms with Crippen molar-refractivity contribution in [3.05, 3.63) is 77.3 Å². The molecule has 3 heterocycles. The predicted octanol–water partition coefficient (Wildman–Crippen LogP) is 4.70. The third kappa shape index (κ3) is 4.45. The molecule has 0 saturated heterocycles. The summed E-state index contributed by atoms with van der Waals surface area (Å²) >= 11 is 1.69. The van der Waals surface area contributed by atoms with Crippen molar-refractivity contribution < 1.29 is 9.26 Å². The smallest absolute Gasteiger partial charge is 0.264 e. The molecule has 5 rings (SSSR count). The standard InChI is InChI=1S/C24H23N5O2S/c1-16-13-21(27-24(25-16)29-12-11-17-5-3-4-6-19(17)14-29)30-15-22-26-23(28-31-22)18-7-9-20(32-2)10-8-18/h3-10,13H,11-12,14-15H2,1-2H3. The van der Waals surface area contributed by atoms with Crippen LogP contribution in [0.25, 0.3) is 11.4 Å². The zero-order valence-corrected chi connectivity index (χ0v) is 18.8. The Balaban J connectivity index is 1.27. The van der Waals surface area contributed by atoms with E-state index in [-0.39, 0.29) is 6.61 Å². The highest BCUT2D eigenvalue weighted by atomic mass is 32.2. The first-order chi connectivity index (χ1) is 15.7. The molecule has 0 saturated carbocycles. The molecular weight excluding hydrogens is 422 g/mol. The van der Waals surface area contributed by atoms with E-state index in [1.54, 1.807) is 11.8 Å². The number of thioether (sulfide) groups is 1. The van der Waals surface area contributed by atoms with Gasteiger partial charge in [0.2, 0.25) is 17.7 Å². The summed E-state index contributed by atoms with van der Waals surface area (Å²) in [6.45, 7) is 3.76. The van der Waals surface area contributed by atoms with Gasteiger partial charge in [0, 0.05) is 35.3 Å². The maximum atomic E-state index is 5.88. The summed E-state index contributed by atoms with van der Waals surface area (Å²) in [5, 5.41) is 4.07. The molecule has 7 nitrogen and oxygen atoms in total. The Bertz CT molecular complexity index is 1230. The molecule has 1 aliphatic heterocycles. The number of rotatable bonds is 6. The molecule has 0 radical (unpaired) electrons. The summed E-state index contributed by atoms with van der Waals surface area (Å²) in [4.78, 5) is 17.1. The summed E-state index contributed by atoms with van der Waals surface area (Å²) in [6, 6.07) is 18.4. The Morgan fingerprint density at radius 2 is 1.84 bits per heavy atom. The number of benzene rings is 2. The lowest BCUT2D eigenvalue weighted by molar-refractivity contribution is 0.235. The molecule has 32 heavy (non-hydrogen) atoms.